The highest BCUT2D eigenvalue weighted by Crippen LogP contribution is 2.45. The van der Waals surface area contributed by atoms with E-state index in [-0.39, 0.29) is 0 Å². The molecular weight excluding hydrogens is 258 g/mol. The molecule has 2 aromatic rings. The molecule has 1 saturated carbocycles. The van der Waals surface area contributed by atoms with Gasteiger partial charge in [0.25, 0.3) is 0 Å². The normalized spacial score (nSPS) is 14.6. The SMILES string of the molecule is CCCCn1c(CC)nc(-c2ccccc2C2CC2)c1N. The Balaban J connectivity index is 2.04. The third-order valence-electron chi connectivity index (χ3n) is 4.37. The third-order valence-corrected chi connectivity index (χ3v) is 4.37. The number of benzene rings is 1. The molecular formula is C18H25N3. The molecule has 0 saturated heterocycles. The average molecular weight is 283 g/mol. The topological polar surface area (TPSA) is 43.8 Å². The number of rotatable bonds is 6. The molecule has 112 valence electrons. The van der Waals surface area contributed by atoms with Crippen LogP contribution in [-0.2, 0) is 13.0 Å². The van der Waals surface area contributed by atoms with Crippen molar-refractivity contribution in [2.45, 2.75) is 58.4 Å². The number of imidazole rings is 1. The molecule has 1 aromatic carbocycles. The molecule has 1 heterocycles. The van der Waals surface area contributed by atoms with E-state index < -0.39 is 0 Å². The molecule has 3 rings (SSSR count). The quantitative estimate of drug-likeness (QED) is 0.855. The van der Waals surface area contributed by atoms with Crippen LogP contribution in [0, 0.1) is 0 Å². The highest BCUT2D eigenvalue weighted by Gasteiger charge is 2.28. The number of nitrogens with two attached hydrogens (primary N) is 1. The fourth-order valence-corrected chi connectivity index (χ4v) is 3.01. The molecule has 0 aliphatic heterocycles. The van der Waals surface area contributed by atoms with Gasteiger partial charge in [-0.2, -0.15) is 0 Å². The molecule has 0 atom stereocenters. The Morgan fingerprint density at radius 2 is 2.00 bits per heavy atom. The van der Waals surface area contributed by atoms with Gasteiger partial charge < -0.3 is 10.3 Å². The number of hydrogen-bond donors (Lipinski definition) is 1. The lowest BCUT2D eigenvalue weighted by Gasteiger charge is -2.09. The van der Waals surface area contributed by atoms with Gasteiger partial charge in [0.05, 0.1) is 0 Å². The van der Waals surface area contributed by atoms with Crippen LogP contribution in [0.1, 0.15) is 56.8 Å². The summed E-state index contributed by atoms with van der Waals surface area (Å²) in [5, 5.41) is 0. The van der Waals surface area contributed by atoms with Crippen LogP contribution in [0.2, 0.25) is 0 Å². The van der Waals surface area contributed by atoms with Gasteiger partial charge in [0.2, 0.25) is 0 Å². The number of nitrogen functional groups attached to an aromatic ring is 1. The maximum absolute atomic E-state index is 6.44. The Bertz CT molecular complexity index is 623. The van der Waals surface area contributed by atoms with Crippen molar-refractivity contribution >= 4 is 5.82 Å². The van der Waals surface area contributed by atoms with Crippen molar-refractivity contribution in [3.8, 4) is 11.3 Å². The number of aromatic nitrogens is 2. The monoisotopic (exact) mass is 283 g/mol. The zero-order chi connectivity index (χ0) is 14.8. The van der Waals surface area contributed by atoms with E-state index in [1.165, 1.54) is 30.4 Å². The highest BCUT2D eigenvalue weighted by molar-refractivity contribution is 5.74. The Kier molecular flexibility index (Phi) is 4.00. The van der Waals surface area contributed by atoms with Crippen LogP contribution in [-0.4, -0.2) is 9.55 Å². The summed E-state index contributed by atoms with van der Waals surface area (Å²) in [6, 6.07) is 8.64. The minimum absolute atomic E-state index is 0.714. The number of unbranched alkanes of at least 4 members (excludes halogenated alkanes) is 1. The van der Waals surface area contributed by atoms with Crippen molar-refractivity contribution in [1.29, 1.82) is 0 Å². The Morgan fingerprint density at radius 1 is 1.24 bits per heavy atom. The lowest BCUT2D eigenvalue weighted by Crippen LogP contribution is -2.06. The number of hydrogen-bond acceptors (Lipinski definition) is 2. The summed E-state index contributed by atoms with van der Waals surface area (Å²) < 4.78 is 2.21. The predicted octanol–water partition coefficient (Wildman–Crippen LogP) is 4.37. The van der Waals surface area contributed by atoms with E-state index in [1.807, 2.05) is 0 Å². The van der Waals surface area contributed by atoms with Gasteiger partial charge in [-0.25, -0.2) is 4.98 Å². The minimum atomic E-state index is 0.714. The lowest BCUT2D eigenvalue weighted by atomic mass is 10.0. The van der Waals surface area contributed by atoms with E-state index in [2.05, 4.69) is 42.7 Å². The molecule has 0 spiro atoms. The zero-order valence-electron chi connectivity index (χ0n) is 13.1. The van der Waals surface area contributed by atoms with Crippen LogP contribution in [0.25, 0.3) is 11.3 Å². The number of nitrogens with zero attached hydrogens (tertiary/aromatic N) is 2. The van der Waals surface area contributed by atoms with Crippen molar-refractivity contribution in [1.82, 2.24) is 9.55 Å². The second-order valence-electron chi connectivity index (χ2n) is 5.98. The maximum atomic E-state index is 6.44. The maximum Gasteiger partial charge on any atom is 0.131 e. The first kappa shape index (κ1) is 14.2. The average Bonchev–Trinajstić information content (AvgIpc) is 3.30. The van der Waals surface area contributed by atoms with Gasteiger partial charge in [-0.1, -0.05) is 44.5 Å². The molecule has 3 nitrogen and oxygen atoms in total. The van der Waals surface area contributed by atoms with Crippen LogP contribution >= 0.6 is 0 Å². The fraction of sp³-hybridized carbons (Fsp3) is 0.500. The van der Waals surface area contributed by atoms with Crippen LogP contribution in [0.15, 0.2) is 24.3 Å². The summed E-state index contributed by atoms with van der Waals surface area (Å²) in [5.41, 5.74) is 10.1. The first-order chi connectivity index (χ1) is 10.3. The summed E-state index contributed by atoms with van der Waals surface area (Å²) in [7, 11) is 0. The largest absolute Gasteiger partial charge is 0.383 e. The standard InChI is InChI=1S/C18H25N3/c1-3-5-12-21-16(4-2)20-17(18(21)19)15-9-7-6-8-14(15)13-10-11-13/h6-9,13H,3-5,10-12,19H2,1-2H3. The fourth-order valence-electron chi connectivity index (χ4n) is 3.01. The molecule has 1 fully saturated rings. The van der Waals surface area contributed by atoms with Gasteiger partial charge in [0, 0.05) is 18.5 Å². The summed E-state index contributed by atoms with van der Waals surface area (Å²) in [6.07, 6.45) is 5.85. The highest BCUT2D eigenvalue weighted by atomic mass is 15.1. The van der Waals surface area contributed by atoms with E-state index >= 15 is 0 Å². The van der Waals surface area contributed by atoms with Crippen molar-refractivity contribution in [2.75, 3.05) is 5.73 Å². The number of anilines is 1. The molecule has 1 aliphatic rings. The van der Waals surface area contributed by atoms with Crippen LogP contribution in [0.3, 0.4) is 0 Å². The van der Waals surface area contributed by atoms with Gasteiger partial charge >= 0.3 is 0 Å². The number of aryl methyl sites for hydroxylation is 1. The van der Waals surface area contributed by atoms with Crippen molar-refractivity contribution in [3.05, 3.63) is 35.7 Å². The van der Waals surface area contributed by atoms with Crippen LogP contribution in [0.5, 0.6) is 0 Å². The molecule has 0 radical (unpaired) electrons. The van der Waals surface area contributed by atoms with E-state index in [0.29, 0.717) is 5.92 Å². The summed E-state index contributed by atoms with van der Waals surface area (Å²) in [4.78, 5) is 4.86. The Morgan fingerprint density at radius 3 is 2.67 bits per heavy atom. The molecule has 1 aliphatic carbocycles. The van der Waals surface area contributed by atoms with Gasteiger partial charge in [-0.15, -0.1) is 0 Å². The van der Waals surface area contributed by atoms with E-state index in [4.69, 9.17) is 10.7 Å². The van der Waals surface area contributed by atoms with E-state index in [0.717, 1.165) is 36.7 Å². The van der Waals surface area contributed by atoms with E-state index in [1.54, 1.807) is 0 Å². The smallest absolute Gasteiger partial charge is 0.131 e. The lowest BCUT2D eigenvalue weighted by molar-refractivity contribution is 0.612. The molecule has 0 unspecified atom stereocenters. The molecule has 0 amide bonds. The Hall–Kier alpha value is -1.77. The third kappa shape index (κ3) is 2.69. The second kappa shape index (κ2) is 5.92. The molecule has 21 heavy (non-hydrogen) atoms. The van der Waals surface area contributed by atoms with Gasteiger partial charge in [0.1, 0.15) is 17.3 Å². The predicted molar refractivity (Wildman–Crippen MR) is 88.3 cm³/mol. The summed E-state index contributed by atoms with van der Waals surface area (Å²) >= 11 is 0. The zero-order valence-corrected chi connectivity index (χ0v) is 13.1. The van der Waals surface area contributed by atoms with Gasteiger partial charge in [-0.05, 0) is 30.7 Å². The van der Waals surface area contributed by atoms with Crippen molar-refractivity contribution in [2.24, 2.45) is 0 Å². The molecule has 3 heteroatoms. The summed E-state index contributed by atoms with van der Waals surface area (Å²) in [5.74, 6) is 2.67. The molecule has 0 bridgehead atoms. The molecule has 2 N–H and O–H groups in total. The first-order valence-corrected chi connectivity index (χ1v) is 8.20. The Labute approximate surface area is 127 Å². The van der Waals surface area contributed by atoms with Gasteiger partial charge in [0.15, 0.2) is 0 Å². The van der Waals surface area contributed by atoms with E-state index in [9.17, 15) is 0 Å². The van der Waals surface area contributed by atoms with Crippen molar-refractivity contribution in [3.63, 3.8) is 0 Å². The van der Waals surface area contributed by atoms with Crippen LogP contribution < -0.4 is 5.73 Å². The van der Waals surface area contributed by atoms with Crippen molar-refractivity contribution < 1.29 is 0 Å². The summed E-state index contributed by atoms with van der Waals surface area (Å²) in [6.45, 7) is 5.34. The minimum Gasteiger partial charge on any atom is -0.383 e. The van der Waals surface area contributed by atoms with Gasteiger partial charge in [-0.3, -0.25) is 0 Å². The molecule has 1 aromatic heterocycles. The first-order valence-electron chi connectivity index (χ1n) is 8.20. The second-order valence-corrected chi connectivity index (χ2v) is 5.98. The van der Waals surface area contributed by atoms with Crippen LogP contribution in [0.4, 0.5) is 5.82 Å².